The van der Waals surface area contributed by atoms with E-state index in [1.807, 2.05) is 24.9 Å². The number of rotatable bonds is 3. The fraction of sp³-hybridized carbons (Fsp3) is 0.533. The molecule has 0 saturated carbocycles. The molecule has 0 radical (unpaired) electrons. The van der Waals surface area contributed by atoms with E-state index < -0.39 is 0 Å². The molecule has 1 aromatic rings. The lowest BCUT2D eigenvalue weighted by Gasteiger charge is -2.27. The zero-order chi connectivity index (χ0) is 13.2. The SMILES string of the molecule is CNC[C@H]1CCCN1C(=O)[C@@H]1CSc2ccccc21. The van der Waals surface area contributed by atoms with Gasteiger partial charge in [0.2, 0.25) is 5.91 Å². The second kappa shape index (κ2) is 5.55. The third-order valence-corrected chi connectivity index (χ3v) is 5.28. The van der Waals surface area contributed by atoms with E-state index in [-0.39, 0.29) is 5.92 Å². The van der Waals surface area contributed by atoms with Gasteiger partial charge in [-0.05, 0) is 31.5 Å². The van der Waals surface area contributed by atoms with Crippen LogP contribution in [0, 0.1) is 0 Å². The highest BCUT2D eigenvalue weighted by molar-refractivity contribution is 7.99. The highest BCUT2D eigenvalue weighted by atomic mass is 32.2. The summed E-state index contributed by atoms with van der Waals surface area (Å²) in [5.41, 5.74) is 1.23. The Hall–Kier alpha value is -1.00. The average molecular weight is 276 g/mol. The second-order valence-corrected chi connectivity index (χ2v) is 6.35. The van der Waals surface area contributed by atoms with Gasteiger partial charge in [-0.3, -0.25) is 4.79 Å². The number of thioether (sulfide) groups is 1. The Morgan fingerprint density at radius 3 is 3.16 bits per heavy atom. The van der Waals surface area contributed by atoms with Gasteiger partial charge < -0.3 is 10.2 Å². The molecule has 1 aromatic carbocycles. The van der Waals surface area contributed by atoms with Crippen LogP contribution in [0.4, 0.5) is 0 Å². The fourth-order valence-corrected chi connectivity index (χ4v) is 4.36. The first-order valence-corrected chi connectivity index (χ1v) is 7.96. The summed E-state index contributed by atoms with van der Waals surface area (Å²) >= 11 is 1.81. The third kappa shape index (κ3) is 2.39. The van der Waals surface area contributed by atoms with Gasteiger partial charge in [0.05, 0.1) is 5.92 Å². The Labute approximate surface area is 118 Å². The Morgan fingerprint density at radius 1 is 1.47 bits per heavy atom. The van der Waals surface area contributed by atoms with E-state index in [1.54, 1.807) is 0 Å². The molecule has 0 spiro atoms. The quantitative estimate of drug-likeness (QED) is 0.917. The van der Waals surface area contributed by atoms with E-state index in [4.69, 9.17) is 0 Å². The summed E-state index contributed by atoms with van der Waals surface area (Å²) in [6, 6.07) is 8.72. The molecule has 4 heteroatoms. The largest absolute Gasteiger partial charge is 0.338 e. The standard InChI is InChI=1S/C15H20N2OS/c1-16-9-11-5-4-8-17(11)15(18)13-10-19-14-7-3-2-6-12(13)14/h2-3,6-7,11,13,16H,4-5,8-10H2,1H3/t11-,13-/m1/s1. The first-order valence-electron chi connectivity index (χ1n) is 6.98. The lowest BCUT2D eigenvalue weighted by atomic mass is 9.99. The maximum absolute atomic E-state index is 12.8. The van der Waals surface area contributed by atoms with E-state index in [9.17, 15) is 4.79 Å². The smallest absolute Gasteiger partial charge is 0.231 e. The maximum Gasteiger partial charge on any atom is 0.231 e. The Morgan fingerprint density at radius 2 is 2.32 bits per heavy atom. The number of likely N-dealkylation sites (tertiary alicyclic amines) is 1. The molecule has 2 atom stereocenters. The van der Waals surface area contributed by atoms with Gasteiger partial charge in [0, 0.05) is 29.8 Å². The van der Waals surface area contributed by atoms with Gasteiger partial charge in [-0.15, -0.1) is 11.8 Å². The minimum absolute atomic E-state index is 0.0682. The summed E-state index contributed by atoms with van der Waals surface area (Å²) < 4.78 is 0. The van der Waals surface area contributed by atoms with E-state index in [0.717, 1.165) is 31.7 Å². The summed E-state index contributed by atoms with van der Waals surface area (Å²) in [6.07, 6.45) is 2.27. The van der Waals surface area contributed by atoms with Crippen LogP contribution >= 0.6 is 11.8 Å². The van der Waals surface area contributed by atoms with E-state index in [2.05, 4.69) is 28.4 Å². The number of carbonyl (C=O) groups is 1. The van der Waals surface area contributed by atoms with Crippen molar-refractivity contribution in [2.24, 2.45) is 0 Å². The summed E-state index contributed by atoms with van der Waals surface area (Å²) in [7, 11) is 1.96. The molecule has 2 heterocycles. The summed E-state index contributed by atoms with van der Waals surface area (Å²) in [5, 5.41) is 3.21. The first kappa shape index (κ1) is 13.0. The van der Waals surface area contributed by atoms with Crippen molar-refractivity contribution in [3.63, 3.8) is 0 Å². The van der Waals surface area contributed by atoms with Crippen molar-refractivity contribution in [3.05, 3.63) is 29.8 Å². The zero-order valence-electron chi connectivity index (χ0n) is 11.3. The molecule has 0 aliphatic carbocycles. The van der Waals surface area contributed by atoms with Crippen LogP contribution in [0.15, 0.2) is 29.2 Å². The van der Waals surface area contributed by atoms with Gasteiger partial charge in [-0.1, -0.05) is 18.2 Å². The van der Waals surface area contributed by atoms with Crippen LogP contribution in [0.25, 0.3) is 0 Å². The number of nitrogens with one attached hydrogen (secondary N) is 1. The van der Waals surface area contributed by atoms with Gasteiger partial charge in [-0.2, -0.15) is 0 Å². The van der Waals surface area contributed by atoms with Crippen LogP contribution < -0.4 is 5.32 Å². The van der Waals surface area contributed by atoms with Crippen molar-refractivity contribution in [1.82, 2.24) is 10.2 Å². The van der Waals surface area contributed by atoms with Gasteiger partial charge in [0.25, 0.3) is 0 Å². The van der Waals surface area contributed by atoms with Crippen molar-refractivity contribution >= 4 is 17.7 Å². The molecule has 3 rings (SSSR count). The van der Waals surface area contributed by atoms with Crippen molar-refractivity contribution in [2.45, 2.75) is 29.7 Å². The summed E-state index contributed by atoms with van der Waals surface area (Å²) in [5.74, 6) is 1.30. The van der Waals surface area contributed by atoms with Gasteiger partial charge in [0.15, 0.2) is 0 Å². The van der Waals surface area contributed by atoms with Crippen LogP contribution in [-0.4, -0.2) is 42.7 Å². The normalized spacial score (nSPS) is 25.6. The van der Waals surface area contributed by atoms with Crippen LogP contribution in [-0.2, 0) is 4.79 Å². The molecule has 1 saturated heterocycles. The molecular formula is C15H20N2OS. The number of hydrogen-bond donors (Lipinski definition) is 1. The van der Waals surface area contributed by atoms with Crippen LogP contribution in [0.5, 0.6) is 0 Å². The Kier molecular flexibility index (Phi) is 3.80. The van der Waals surface area contributed by atoms with E-state index in [0.29, 0.717) is 11.9 Å². The lowest BCUT2D eigenvalue weighted by Crippen LogP contribution is -2.43. The predicted molar refractivity (Wildman–Crippen MR) is 78.6 cm³/mol. The van der Waals surface area contributed by atoms with E-state index >= 15 is 0 Å². The van der Waals surface area contributed by atoms with Crippen molar-refractivity contribution in [1.29, 1.82) is 0 Å². The lowest BCUT2D eigenvalue weighted by molar-refractivity contribution is -0.133. The monoisotopic (exact) mass is 276 g/mol. The highest BCUT2D eigenvalue weighted by Gasteiger charge is 2.36. The number of hydrogen-bond acceptors (Lipinski definition) is 3. The molecule has 1 fully saturated rings. The number of nitrogens with zero attached hydrogens (tertiary/aromatic N) is 1. The molecule has 2 aliphatic heterocycles. The topological polar surface area (TPSA) is 32.3 Å². The number of likely N-dealkylation sites (N-methyl/N-ethyl adjacent to an activating group) is 1. The molecule has 1 N–H and O–H groups in total. The second-order valence-electron chi connectivity index (χ2n) is 5.29. The molecule has 102 valence electrons. The Balaban J connectivity index is 1.78. The minimum Gasteiger partial charge on any atom is -0.338 e. The molecule has 1 amide bonds. The predicted octanol–water partition coefficient (Wildman–Crippen LogP) is 2.09. The van der Waals surface area contributed by atoms with Gasteiger partial charge in [0.1, 0.15) is 0 Å². The number of benzene rings is 1. The number of fused-ring (bicyclic) bond motifs is 1. The molecule has 2 aliphatic rings. The van der Waals surface area contributed by atoms with Crippen LogP contribution in [0.2, 0.25) is 0 Å². The molecule has 0 aromatic heterocycles. The van der Waals surface area contributed by atoms with Crippen molar-refractivity contribution in [2.75, 3.05) is 25.9 Å². The molecule has 19 heavy (non-hydrogen) atoms. The van der Waals surface area contributed by atoms with Crippen LogP contribution in [0.3, 0.4) is 0 Å². The number of amides is 1. The third-order valence-electron chi connectivity index (χ3n) is 4.10. The van der Waals surface area contributed by atoms with Crippen molar-refractivity contribution in [3.8, 4) is 0 Å². The summed E-state index contributed by atoms with van der Waals surface area (Å²) in [6.45, 7) is 1.84. The maximum atomic E-state index is 12.8. The van der Waals surface area contributed by atoms with Crippen molar-refractivity contribution < 1.29 is 4.79 Å². The molecular weight excluding hydrogens is 256 g/mol. The van der Waals surface area contributed by atoms with Gasteiger partial charge in [-0.25, -0.2) is 0 Å². The molecule has 0 unspecified atom stereocenters. The minimum atomic E-state index is 0.0682. The van der Waals surface area contributed by atoms with Crippen LogP contribution in [0.1, 0.15) is 24.3 Å². The van der Waals surface area contributed by atoms with Gasteiger partial charge >= 0.3 is 0 Å². The van der Waals surface area contributed by atoms with E-state index in [1.165, 1.54) is 10.5 Å². The first-order chi connectivity index (χ1) is 9.31. The fourth-order valence-electron chi connectivity index (χ4n) is 3.14. The number of carbonyl (C=O) groups excluding carboxylic acids is 1. The highest BCUT2D eigenvalue weighted by Crippen LogP contribution is 2.41. The molecule has 0 bridgehead atoms. The molecule has 3 nitrogen and oxygen atoms in total. The summed E-state index contributed by atoms with van der Waals surface area (Å²) in [4.78, 5) is 16.2. The average Bonchev–Trinajstić information content (AvgIpc) is 3.04. The Bertz CT molecular complexity index is 477. The zero-order valence-corrected chi connectivity index (χ0v) is 12.1.